The van der Waals surface area contributed by atoms with Gasteiger partial charge in [0.25, 0.3) is 5.91 Å². The lowest BCUT2D eigenvalue weighted by Gasteiger charge is -2.27. The number of nitrogens with zero attached hydrogens (tertiary/aromatic N) is 1. The number of anilines is 1. The van der Waals surface area contributed by atoms with E-state index in [1.807, 2.05) is 6.07 Å². The zero-order valence-corrected chi connectivity index (χ0v) is 20.6. The van der Waals surface area contributed by atoms with Crippen molar-refractivity contribution in [3.05, 3.63) is 107 Å². The fraction of sp³-hybridized carbons (Fsp3) is 0.172. The third-order valence-electron chi connectivity index (χ3n) is 5.80. The average Bonchev–Trinajstić information content (AvgIpc) is 3.20. The van der Waals surface area contributed by atoms with Crippen LogP contribution in [-0.2, 0) is 19.1 Å². The van der Waals surface area contributed by atoms with Crippen molar-refractivity contribution in [1.29, 1.82) is 0 Å². The van der Waals surface area contributed by atoms with Gasteiger partial charge in [0, 0.05) is 18.2 Å². The molecule has 1 heterocycles. The minimum absolute atomic E-state index is 0.0334. The maximum Gasteiger partial charge on any atom is 0.338 e. The van der Waals surface area contributed by atoms with Crippen LogP contribution < -0.4 is 9.64 Å². The summed E-state index contributed by atoms with van der Waals surface area (Å²) in [5.41, 5.74) is 1.70. The predicted octanol–water partition coefficient (Wildman–Crippen LogP) is 4.66. The van der Waals surface area contributed by atoms with Gasteiger partial charge in [-0.2, -0.15) is 0 Å². The molecule has 0 N–H and O–H groups in total. The normalized spacial score (nSPS) is 14.9. The van der Waals surface area contributed by atoms with Crippen LogP contribution in [0.5, 0.6) is 5.75 Å². The highest BCUT2D eigenvalue weighted by Gasteiger charge is 2.46. The number of ketones is 1. The number of hydrogen-bond acceptors (Lipinski definition) is 7. The SMILES string of the molecule is CCOC(=O)c1ccc(N2C(=O)C(OC(C)=O)=C(C(=O)c3ccc(OC)cc3)C2c2ccccc2)cc1. The molecule has 1 aliphatic heterocycles. The van der Waals surface area contributed by atoms with E-state index in [4.69, 9.17) is 14.2 Å². The number of carbonyl (C=O) groups is 4. The van der Waals surface area contributed by atoms with Crippen molar-refractivity contribution < 1.29 is 33.4 Å². The van der Waals surface area contributed by atoms with Crippen molar-refractivity contribution in [2.24, 2.45) is 0 Å². The number of ether oxygens (including phenoxy) is 3. The summed E-state index contributed by atoms with van der Waals surface area (Å²) in [7, 11) is 1.52. The van der Waals surface area contributed by atoms with Crippen LogP contribution in [0.2, 0.25) is 0 Å². The third kappa shape index (κ3) is 5.13. The Morgan fingerprint density at radius 3 is 2.05 bits per heavy atom. The second-order valence-electron chi connectivity index (χ2n) is 8.15. The molecule has 0 bridgehead atoms. The van der Waals surface area contributed by atoms with Crippen LogP contribution in [0.15, 0.2) is 90.2 Å². The van der Waals surface area contributed by atoms with Crippen molar-refractivity contribution in [2.45, 2.75) is 19.9 Å². The van der Waals surface area contributed by atoms with E-state index in [1.165, 1.54) is 31.1 Å². The molecule has 3 aromatic rings. The van der Waals surface area contributed by atoms with Gasteiger partial charge in [0.05, 0.1) is 30.9 Å². The monoisotopic (exact) mass is 499 g/mol. The summed E-state index contributed by atoms with van der Waals surface area (Å²) in [6.45, 7) is 3.11. The Kier molecular flexibility index (Phi) is 7.48. The lowest BCUT2D eigenvalue weighted by atomic mass is 9.92. The number of benzene rings is 3. The predicted molar refractivity (Wildman–Crippen MR) is 135 cm³/mol. The van der Waals surface area contributed by atoms with Crippen LogP contribution in [0.3, 0.4) is 0 Å². The van der Waals surface area contributed by atoms with Crippen molar-refractivity contribution in [3.63, 3.8) is 0 Å². The van der Waals surface area contributed by atoms with E-state index in [0.717, 1.165) is 0 Å². The fourth-order valence-electron chi connectivity index (χ4n) is 4.15. The summed E-state index contributed by atoms with van der Waals surface area (Å²) < 4.78 is 15.6. The first-order valence-electron chi connectivity index (χ1n) is 11.6. The largest absolute Gasteiger partial charge is 0.497 e. The molecule has 1 atom stereocenters. The summed E-state index contributed by atoms with van der Waals surface area (Å²) in [4.78, 5) is 53.1. The molecule has 37 heavy (non-hydrogen) atoms. The second-order valence-corrected chi connectivity index (χ2v) is 8.15. The molecule has 0 aliphatic carbocycles. The first kappa shape index (κ1) is 25.4. The minimum atomic E-state index is -0.883. The Hall–Kier alpha value is -4.72. The van der Waals surface area contributed by atoms with Crippen LogP contribution >= 0.6 is 0 Å². The molecular formula is C29H25NO7. The number of hydrogen-bond donors (Lipinski definition) is 0. The van der Waals surface area contributed by atoms with E-state index in [9.17, 15) is 19.2 Å². The maximum atomic E-state index is 13.8. The smallest absolute Gasteiger partial charge is 0.338 e. The molecule has 0 saturated carbocycles. The van der Waals surface area contributed by atoms with Crippen molar-refractivity contribution in [2.75, 3.05) is 18.6 Å². The van der Waals surface area contributed by atoms with Gasteiger partial charge < -0.3 is 14.2 Å². The van der Waals surface area contributed by atoms with Gasteiger partial charge in [-0.05, 0) is 61.0 Å². The maximum absolute atomic E-state index is 13.8. The summed E-state index contributed by atoms with van der Waals surface area (Å²) in [6, 6.07) is 20.8. The van der Waals surface area contributed by atoms with Gasteiger partial charge >= 0.3 is 11.9 Å². The molecule has 4 rings (SSSR count). The highest BCUT2D eigenvalue weighted by molar-refractivity contribution is 6.21. The summed E-state index contributed by atoms with van der Waals surface area (Å²) in [5, 5.41) is 0. The van der Waals surface area contributed by atoms with Crippen LogP contribution in [-0.4, -0.2) is 37.3 Å². The Bertz CT molecular complexity index is 1360. The minimum Gasteiger partial charge on any atom is -0.497 e. The number of methoxy groups -OCH3 is 1. The van der Waals surface area contributed by atoms with Gasteiger partial charge in [-0.1, -0.05) is 30.3 Å². The first-order chi connectivity index (χ1) is 17.8. The number of esters is 2. The van der Waals surface area contributed by atoms with E-state index in [2.05, 4.69) is 0 Å². The van der Waals surface area contributed by atoms with Crippen LogP contribution in [0.25, 0.3) is 0 Å². The summed E-state index contributed by atoms with van der Waals surface area (Å²) >= 11 is 0. The topological polar surface area (TPSA) is 99.2 Å². The molecule has 1 amide bonds. The van der Waals surface area contributed by atoms with Crippen molar-refractivity contribution >= 4 is 29.3 Å². The van der Waals surface area contributed by atoms with Gasteiger partial charge in [-0.15, -0.1) is 0 Å². The van der Waals surface area contributed by atoms with Gasteiger partial charge in [0.15, 0.2) is 5.78 Å². The van der Waals surface area contributed by atoms with Gasteiger partial charge in [-0.25, -0.2) is 4.79 Å². The van der Waals surface area contributed by atoms with E-state index < -0.39 is 29.7 Å². The number of Topliss-reactive ketones (excluding diaryl/α,β-unsaturated/α-hetero) is 1. The molecule has 3 aromatic carbocycles. The Labute approximate surface area is 214 Å². The van der Waals surface area contributed by atoms with Crippen molar-refractivity contribution in [3.8, 4) is 5.75 Å². The van der Waals surface area contributed by atoms with Crippen LogP contribution in [0.4, 0.5) is 5.69 Å². The van der Waals surface area contributed by atoms with Gasteiger partial charge in [0.1, 0.15) is 5.75 Å². The molecule has 0 aromatic heterocycles. The first-order valence-corrected chi connectivity index (χ1v) is 11.6. The molecule has 8 nitrogen and oxygen atoms in total. The van der Waals surface area contributed by atoms with E-state index in [-0.39, 0.29) is 17.9 Å². The molecule has 0 saturated heterocycles. The molecule has 188 valence electrons. The molecular weight excluding hydrogens is 474 g/mol. The Morgan fingerprint density at radius 1 is 0.865 bits per heavy atom. The number of rotatable bonds is 8. The summed E-state index contributed by atoms with van der Waals surface area (Å²) in [5.74, 6) is -2.10. The average molecular weight is 500 g/mol. The molecule has 1 aliphatic rings. The van der Waals surface area contributed by atoms with Gasteiger partial charge in [0.2, 0.25) is 5.76 Å². The third-order valence-corrected chi connectivity index (χ3v) is 5.80. The molecule has 0 fully saturated rings. The molecule has 0 radical (unpaired) electrons. The Balaban J connectivity index is 1.85. The number of carbonyl (C=O) groups excluding carboxylic acids is 4. The molecule has 1 unspecified atom stereocenters. The number of amides is 1. The lowest BCUT2D eigenvalue weighted by molar-refractivity contribution is -0.139. The summed E-state index contributed by atoms with van der Waals surface area (Å²) in [6.07, 6.45) is 0. The second kappa shape index (κ2) is 10.9. The molecule has 8 heteroatoms. The van der Waals surface area contributed by atoms with E-state index in [0.29, 0.717) is 28.1 Å². The van der Waals surface area contributed by atoms with Gasteiger partial charge in [-0.3, -0.25) is 19.3 Å². The molecule has 0 spiro atoms. The highest BCUT2D eigenvalue weighted by Crippen LogP contribution is 2.43. The zero-order chi connectivity index (χ0) is 26.5. The Morgan fingerprint density at radius 2 is 1.49 bits per heavy atom. The lowest BCUT2D eigenvalue weighted by Crippen LogP contribution is -2.31. The standard InChI is InChI=1S/C29H25NO7/c1-4-36-29(34)21-10-14-22(15-11-21)30-25(19-8-6-5-7-9-19)24(27(28(30)33)37-18(2)31)26(32)20-12-16-23(35-3)17-13-20/h5-17,25H,4H2,1-3H3. The van der Waals surface area contributed by atoms with E-state index in [1.54, 1.807) is 67.6 Å². The van der Waals surface area contributed by atoms with E-state index >= 15 is 0 Å². The zero-order valence-electron chi connectivity index (χ0n) is 20.6. The van der Waals surface area contributed by atoms with Crippen molar-refractivity contribution in [1.82, 2.24) is 0 Å². The quantitative estimate of drug-likeness (QED) is 0.328. The fourth-order valence-corrected chi connectivity index (χ4v) is 4.15. The highest BCUT2D eigenvalue weighted by atomic mass is 16.5. The van der Waals surface area contributed by atoms with Crippen LogP contribution in [0.1, 0.15) is 46.2 Å². The van der Waals surface area contributed by atoms with Crippen LogP contribution in [0, 0.1) is 0 Å².